The topological polar surface area (TPSA) is 93.2 Å². The molecule has 4 rings (SSSR count). The van der Waals surface area contributed by atoms with Crippen LogP contribution < -0.4 is 16.6 Å². The van der Waals surface area contributed by atoms with Crippen LogP contribution in [0.5, 0.6) is 0 Å². The molecule has 0 fully saturated rings. The van der Waals surface area contributed by atoms with Crippen LogP contribution in [0.3, 0.4) is 0 Å². The van der Waals surface area contributed by atoms with E-state index in [2.05, 4.69) is 10.3 Å². The molecule has 2 N–H and O–H groups in total. The van der Waals surface area contributed by atoms with Gasteiger partial charge in [0.15, 0.2) is 5.78 Å². The van der Waals surface area contributed by atoms with Crippen LogP contribution in [0.1, 0.15) is 43.7 Å². The number of Topliss-reactive ketones (excluding diaryl/α,β-unsaturated/α-hetero) is 1. The van der Waals surface area contributed by atoms with Gasteiger partial charge >= 0.3 is 5.69 Å². The number of carbonyl (C=O) groups excluding carboxylic acids is 1. The fourth-order valence-electron chi connectivity index (χ4n) is 4.47. The maximum absolute atomic E-state index is 13.2. The van der Waals surface area contributed by atoms with Gasteiger partial charge in [-0.05, 0) is 23.5 Å². The summed E-state index contributed by atoms with van der Waals surface area (Å²) in [5.74, 6) is -0.264. The highest BCUT2D eigenvalue weighted by molar-refractivity contribution is 6.31. The lowest BCUT2D eigenvalue weighted by molar-refractivity contribution is -0.118. The summed E-state index contributed by atoms with van der Waals surface area (Å²) in [5.41, 5.74) is 1.01. The van der Waals surface area contributed by atoms with Gasteiger partial charge in [0.05, 0.1) is 18.7 Å². The Kier molecular flexibility index (Phi) is 5.20. The standard InChI is InChI=1S/C22H24ClN3O4/c1-22(2)10-14-17(15(27)11-22)16(12-6-4-5-7-13(12)23)18-19(24-14)26(8-9-30-3)21(29)25-20(18)28/h4-7,16,24H,8-11H2,1-3H3,(H,25,28,29)/t16-/m1/s1. The Labute approximate surface area is 178 Å². The van der Waals surface area contributed by atoms with Gasteiger partial charge in [0.2, 0.25) is 0 Å². The van der Waals surface area contributed by atoms with Crippen molar-refractivity contribution < 1.29 is 9.53 Å². The SMILES string of the molecule is COCCn1c2c(c(=O)[nH]c1=O)[C@H](c1ccccc1Cl)C1=C(CC(C)(C)CC1=O)N2. The van der Waals surface area contributed by atoms with Gasteiger partial charge < -0.3 is 10.1 Å². The van der Waals surface area contributed by atoms with Crippen LogP contribution in [0.25, 0.3) is 0 Å². The van der Waals surface area contributed by atoms with Crippen LogP contribution in [-0.2, 0) is 16.1 Å². The summed E-state index contributed by atoms with van der Waals surface area (Å²) in [5, 5.41) is 3.73. The van der Waals surface area contributed by atoms with E-state index >= 15 is 0 Å². The lowest BCUT2D eigenvalue weighted by atomic mass is 9.69. The smallest absolute Gasteiger partial charge is 0.330 e. The van der Waals surface area contributed by atoms with Gasteiger partial charge in [-0.25, -0.2) is 4.79 Å². The summed E-state index contributed by atoms with van der Waals surface area (Å²) < 4.78 is 6.60. The molecule has 30 heavy (non-hydrogen) atoms. The molecule has 0 saturated carbocycles. The first-order valence-electron chi connectivity index (χ1n) is 9.87. The van der Waals surface area contributed by atoms with Crippen molar-refractivity contribution in [1.82, 2.24) is 9.55 Å². The first-order valence-corrected chi connectivity index (χ1v) is 10.2. The number of hydrogen-bond acceptors (Lipinski definition) is 5. The van der Waals surface area contributed by atoms with Gasteiger partial charge in [-0.15, -0.1) is 0 Å². The van der Waals surface area contributed by atoms with Gasteiger partial charge in [0.25, 0.3) is 5.56 Å². The van der Waals surface area contributed by atoms with Crippen LogP contribution in [0.15, 0.2) is 45.1 Å². The molecule has 1 aliphatic heterocycles. The van der Waals surface area contributed by atoms with Crippen molar-refractivity contribution in [3.63, 3.8) is 0 Å². The van der Waals surface area contributed by atoms with Crippen molar-refractivity contribution in [2.45, 2.75) is 39.2 Å². The summed E-state index contributed by atoms with van der Waals surface area (Å²) in [4.78, 5) is 41.2. The van der Waals surface area contributed by atoms with E-state index in [1.54, 1.807) is 19.2 Å². The fourth-order valence-corrected chi connectivity index (χ4v) is 4.72. The summed E-state index contributed by atoms with van der Waals surface area (Å²) in [6.07, 6.45) is 1.00. The lowest BCUT2D eigenvalue weighted by Crippen LogP contribution is -2.42. The summed E-state index contributed by atoms with van der Waals surface area (Å²) in [6, 6.07) is 7.20. The molecule has 7 nitrogen and oxygen atoms in total. The van der Waals surface area contributed by atoms with Crippen molar-refractivity contribution in [2.75, 3.05) is 19.0 Å². The molecule has 2 aromatic rings. The number of ether oxygens (including phenoxy) is 1. The second-order valence-electron chi connectivity index (χ2n) is 8.58. The maximum Gasteiger partial charge on any atom is 0.330 e. The predicted octanol–water partition coefficient (Wildman–Crippen LogP) is 3.04. The van der Waals surface area contributed by atoms with Crippen LogP contribution in [0.2, 0.25) is 5.02 Å². The summed E-state index contributed by atoms with van der Waals surface area (Å²) in [7, 11) is 1.55. The Balaban J connectivity index is 2.03. The Morgan fingerprint density at radius 3 is 2.63 bits per heavy atom. The van der Waals surface area contributed by atoms with E-state index in [4.69, 9.17) is 16.3 Å². The number of methoxy groups -OCH3 is 1. The zero-order valence-electron chi connectivity index (χ0n) is 17.2. The highest BCUT2D eigenvalue weighted by atomic mass is 35.5. The molecule has 1 aromatic carbocycles. The number of carbonyl (C=O) groups is 1. The van der Waals surface area contributed by atoms with Crippen LogP contribution in [0.4, 0.5) is 5.82 Å². The van der Waals surface area contributed by atoms with Crippen molar-refractivity contribution in [2.24, 2.45) is 5.41 Å². The number of nitrogens with one attached hydrogen (secondary N) is 2. The monoisotopic (exact) mass is 429 g/mol. The van der Waals surface area contributed by atoms with E-state index in [0.717, 1.165) is 5.70 Å². The molecule has 1 aliphatic carbocycles. The number of aromatic nitrogens is 2. The number of rotatable bonds is 4. The minimum absolute atomic E-state index is 0.0154. The van der Waals surface area contributed by atoms with E-state index < -0.39 is 17.2 Å². The summed E-state index contributed by atoms with van der Waals surface area (Å²) >= 11 is 6.51. The Morgan fingerprint density at radius 2 is 1.93 bits per heavy atom. The minimum Gasteiger partial charge on any atom is -0.383 e. The van der Waals surface area contributed by atoms with Gasteiger partial charge in [-0.2, -0.15) is 0 Å². The molecule has 2 heterocycles. The molecule has 0 radical (unpaired) electrons. The minimum atomic E-state index is -0.647. The molecule has 1 aromatic heterocycles. The van der Waals surface area contributed by atoms with Crippen molar-refractivity contribution in [3.8, 4) is 0 Å². The van der Waals surface area contributed by atoms with Crippen LogP contribution in [-0.4, -0.2) is 29.1 Å². The molecule has 0 saturated heterocycles. The predicted molar refractivity (Wildman–Crippen MR) is 115 cm³/mol. The van der Waals surface area contributed by atoms with Crippen LogP contribution in [0, 0.1) is 5.41 Å². The van der Waals surface area contributed by atoms with E-state index in [-0.39, 0.29) is 17.7 Å². The fraction of sp³-hybridized carbons (Fsp3) is 0.409. The average Bonchev–Trinajstić information content (AvgIpc) is 2.65. The molecule has 1 atom stereocenters. The third kappa shape index (κ3) is 3.42. The number of anilines is 1. The second-order valence-corrected chi connectivity index (χ2v) is 8.99. The van der Waals surface area contributed by atoms with Crippen molar-refractivity contribution in [3.05, 3.63) is 72.5 Å². The van der Waals surface area contributed by atoms with Crippen molar-refractivity contribution >= 4 is 23.2 Å². The van der Waals surface area contributed by atoms with E-state index in [0.29, 0.717) is 47.0 Å². The summed E-state index contributed by atoms with van der Waals surface area (Å²) in [6.45, 7) is 4.63. The number of ketones is 1. The Bertz CT molecular complexity index is 1180. The zero-order valence-corrected chi connectivity index (χ0v) is 17.9. The number of aromatic amines is 1. The molecule has 2 aliphatic rings. The van der Waals surface area contributed by atoms with E-state index in [1.807, 2.05) is 26.0 Å². The number of hydrogen-bond donors (Lipinski definition) is 2. The molecule has 0 spiro atoms. The molecule has 0 bridgehead atoms. The number of nitrogens with zero attached hydrogens (tertiary/aromatic N) is 1. The largest absolute Gasteiger partial charge is 0.383 e. The normalized spacial score (nSPS) is 19.9. The highest BCUT2D eigenvalue weighted by Crippen LogP contribution is 2.48. The number of allylic oxidation sites excluding steroid dienone is 2. The number of H-pyrrole nitrogens is 1. The first-order chi connectivity index (χ1) is 14.2. The first kappa shape index (κ1) is 20.6. The van der Waals surface area contributed by atoms with E-state index in [1.165, 1.54) is 4.57 Å². The van der Waals surface area contributed by atoms with Gasteiger partial charge in [-0.1, -0.05) is 43.6 Å². The Morgan fingerprint density at radius 1 is 1.20 bits per heavy atom. The van der Waals surface area contributed by atoms with Crippen molar-refractivity contribution in [1.29, 1.82) is 0 Å². The molecule has 0 amide bonds. The van der Waals surface area contributed by atoms with Gasteiger partial charge in [0, 0.05) is 35.7 Å². The van der Waals surface area contributed by atoms with E-state index in [9.17, 15) is 14.4 Å². The third-order valence-corrected chi connectivity index (χ3v) is 6.08. The zero-order chi connectivity index (χ0) is 21.6. The maximum atomic E-state index is 13.2. The molecule has 158 valence electrons. The average molecular weight is 430 g/mol. The van der Waals surface area contributed by atoms with Crippen LogP contribution >= 0.6 is 11.6 Å². The number of benzene rings is 1. The quantitative estimate of drug-likeness (QED) is 0.779. The molecular weight excluding hydrogens is 406 g/mol. The lowest BCUT2D eigenvalue weighted by Gasteiger charge is -2.39. The number of halogens is 1. The third-order valence-electron chi connectivity index (χ3n) is 5.74. The second kappa shape index (κ2) is 7.56. The molecule has 8 heteroatoms. The highest BCUT2D eigenvalue weighted by Gasteiger charge is 2.43. The molecule has 0 unspecified atom stereocenters. The number of fused-ring (bicyclic) bond motifs is 1. The Hall–Kier alpha value is -2.64. The molecular formula is C22H24ClN3O4. The van der Waals surface area contributed by atoms with Gasteiger partial charge in [0.1, 0.15) is 5.82 Å². The van der Waals surface area contributed by atoms with Gasteiger partial charge in [-0.3, -0.25) is 19.1 Å².